The first kappa shape index (κ1) is 47.3. The van der Waals surface area contributed by atoms with Crippen molar-refractivity contribution >= 4 is 40.5 Å². The number of furan rings is 1. The highest BCUT2D eigenvalue weighted by Crippen LogP contribution is 2.35. The van der Waals surface area contributed by atoms with E-state index >= 15 is 0 Å². The third-order valence-corrected chi connectivity index (χ3v) is 12.2. The van der Waals surface area contributed by atoms with Gasteiger partial charge in [0.25, 0.3) is 0 Å². The summed E-state index contributed by atoms with van der Waals surface area (Å²) in [6.07, 6.45) is 4.48. The van der Waals surface area contributed by atoms with Crippen molar-refractivity contribution in [3.63, 3.8) is 0 Å². The molecule has 0 saturated carbocycles. The minimum Gasteiger partial charge on any atom is -0.464 e. The third-order valence-electron chi connectivity index (χ3n) is 12.2. The van der Waals surface area contributed by atoms with E-state index < -0.39 is 47.4 Å². The molecule has 15 nitrogen and oxygen atoms in total. The molecule has 4 aromatic carbocycles. The third kappa shape index (κ3) is 12.8. The lowest BCUT2D eigenvalue weighted by atomic mass is 9.74. The maximum Gasteiger partial charge on any atom is 0.246 e. The Hall–Kier alpha value is -6.65. The van der Waals surface area contributed by atoms with E-state index in [0.717, 1.165) is 50.4 Å². The van der Waals surface area contributed by atoms with Crippen LogP contribution in [0.15, 0.2) is 126 Å². The average molecular weight is 898 g/mol. The summed E-state index contributed by atoms with van der Waals surface area (Å²) >= 11 is 0. The van der Waals surface area contributed by atoms with Gasteiger partial charge in [-0.3, -0.25) is 29.3 Å². The molecule has 2 aliphatic heterocycles. The molecule has 2 aliphatic rings. The molecular weight excluding hydrogens is 839 g/mol. The quantitative estimate of drug-likeness (QED) is 0.0961. The van der Waals surface area contributed by atoms with Crippen molar-refractivity contribution < 1.29 is 38.2 Å². The summed E-state index contributed by atoms with van der Waals surface area (Å²) in [6.45, 7) is 1.74. The summed E-state index contributed by atoms with van der Waals surface area (Å²) in [7, 11) is 0. The number of aliphatic hydroxyl groups excluding tert-OH is 1. The van der Waals surface area contributed by atoms with E-state index in [1.807, 2.05) is 97.1 Å². The van der Waals surface area contributed by atoms with Gasteiger partial charge < -0.3 is 46.2 Å². The van der Waals surface area contributed by atoms with Crippen LogP contribution in [-0.4, -0.2) is 104 Å². The number of nitrogens with one attached hydrogen (secondary N) is 5. The van der Waals surface area contributed by atoms with Gasteiger partial charge in [-0.1, -0.05) is 84.9 Å². The zero-order valence-electron chi connectivity index (χ0n) is 37.0. The van der Waals surface area contributed by atoms with Crippen LogP contribution in [0.25, 0.3) is 22.1 Å². The number of nitrogens with two attached hydrogens (primary N) is 1. The lowest BCUT2D eigenvalue weighted by Gasteiger charge is -2.42. The SMILES string of the molecule is NCCOCCNC(=O)[C@@H]1CCNC(=O)/C=C/C(=O)N2CCC[C@](Cc3ccccc3)(C2)C(=O)N[C@@H](Cc2ccc(-c3ccc4occc4c3)cc2)C(=O)NCc2ccccc2CC(O)N1. The van der Waals surface area contributed by atoms with Crippen molar-refractivity contribution in [1.82, 2.24) is 31.5 Å². The molecule has 346 valence electrons. The molecule has 1 fully saturated rings. The maximum absolute atomic E-state index is 14.9. The van der Waals surface area contributed by atoms with Gasteiger partial charge in [-0.2, -0.15) is 0 Å². The second-order valence-corrected chi connectivity index (χ2v) is 16.9. The summed E-state index contributed by atoms with van der Waals surface area (Å²) in [5.74, 6) is -2.14. The molecule has 2 bridgehead atoms. The van der Waals surface area contributed by atoms with E-state index in [4.69, 9.17) is 14.9 Å². The van der Waals surface area contributed by atoms with Gasteiger partial charge >= 0.3 is 0 Å². The Labute approximate surface area is 384 Å². The fourth-order valence-corrected chi connectivity index (χ4v) is 8.68. The van der Waals surface area contributed by atoms with Crippen molar-refractivity contribution in [1.29, 1.82) is 0 Å². The zero-order chi connectivity index (χ0) is 46.3. The minimum absolute atomic E-state index is 0.0547. The molecule has 66 heavy (non-hydrogen) atoms. The molecule has 0 radical (unpaired) electrons. The van der Waals surface area contributed by atoms with Crippen LogP contribution in [0, 0.1) is 5.41 Å². The summed E-state index contributed by atoms with van der Waals surface area (Å²) in [5, 5.41) is 27.1. The molecule has 0 aliphatic carbocycles. The van der Waals surface area contributed by atoms with Gasteiger partial charge in [0.05, 0.1) is 30.9 Å². The van der Waals surface area contributed by atoms with E-state index in [1.165, 1.54) is 6.08 Å². The summed E-state index contributed by atoms with van der Waals surface area (Å²) < 4.78 is 10.9. The van der Waals surface area contributed by atoms with Gasteiger partial charge in [-0.15, -0.1) is 0 Å². The lowest BCUT2D eigenvalue weighted by Crippen LogP contribution is -2.58. The standard InChI is InChI=1S/C51H59N7O8/c52-22-27-65-28-24-54-48(62)42-19-23-53-45(59)17-18-47(61)58-25-6-21-51(34-58,32-36-7-2-1-3-8-36)50(64)57-43(49(63)55-33-41-10-5-4-9-38(41)31-46(60)56-42)29-35-11-13-37(14-12-35)39-15-16-44-40(30-39)20-26-66-44/h1-5,7-18,20,26,30,42-43,46,56,60H,6,19,21-25,27-29,31-34,52H2,(H,53,59)(H,54,62)(H,55,63)(H,57,64)/b18-17+/t42-,43-,46?,51-/m0/s1. The Morgan fingerprint density at radius 3 is 2.45 bits per heavy atom. The molecule has 5 aromatic rings. The normalized spacial score (nSPS) is 21.9. The summed E-state index contributed by atoms with van der Waals surface area (Å²) in [4.78, 5) is 71.2. The number of hydrogen-bond acceptors (Lipinski definition) is 10. The number of rotatable bonds is 11. The number of amides is 5. The summed E-state index contributed by atoms with van der Waals surface area (Å²) in [6, 6.07) is 30.8. The Morgan fingerprint density at radius 1 is 0.879 bits per heavy atom. The number of hydrogen-bond donors (Lipinski definition) is 7. The van der Waals surface area contributed by atoms with E-state index in [9.17, 15) is 29.1 Å². The number of benzene rings is 4. The highest BCUT2D eigenvalue weighted by Gasteiger charge is 2.44. The second-order valence-electron chi connectivity index (χ2n) is 16.9. The zero-order valence-corrected chi connectivity index (χ0v) is 37.0. The first-order valence-corrected chi connectivity index (χ1v) is 22.6. The van der Waals surface area contributed by atoms with Crippen LogP contribution in [0.3, 0.4) is 0 Å². The molecule has 8 N–H and O–H groups in total. The Balaban J connectivity index is 1.18. The molecule has 3 heterocycles. The van der Waals surface area contributed by atoms with Crippen molar-refractivity contribution in [3.05, 3.63) is 144 Å². The van der Waals surface area contributed by atoms with Crippen LogP contribution >= 0.6 is 0 Å². The van der Waals surface area contributed by atoms with Crippen molar-refractivity contribution in [2.24, 2.45) is 11.1 Å². The van der Waals surface area contributed by atoms with Gasteiger partial charge in [-0.05, 0) is 77.3 Å². The van der Waals surface area contributed by atoms with Gasteiger partial charge in [-0.25, -0.2) is 0 Å². The number of ether oxygens (including phenoxy) is 1. The van der Waals surface area contributed by atoms with Crippen LogP contribution in [0.4, 0.5) is 0 Å². The van der Waals surface area contributed by atoms with Crippen molar-refractivity contribution in [2.75, 3.05) is 45.9 Å². The van der Waals surface area contributed by atoms with Crippen LogP contribution < -0.4 is 32.3 Å². The molecular formula is C51H59N7O8. The number of carbonyl (C=O) groups is 5. The van der Waals surface area contributed by atoms with Crippen LogP contribution in [-0.2, 0) is 54.5 Å². The van der Waals surface area contributed by atoms with Gasteiger partial charge in [0.2, 0.25) is 29.5 Å². The molecule has 1 saturated heterocycles. The van der Waals surface area contributed by atoms with E-state index in [-0.39, 0.29) is 58.0 Å². The second kappa shape index (κ2) is 23.0. The van der Waals surface area contributed by atoms with E-state index in [2.05, 4.69) is 32.7 Å². The van der Waals surface area contributed by atoms with Crippen LogP contribution in [0.5, 0.6) is 0 Å². The Bertz CT molecular complexity index is 2470. The molecule has 0 spiro atoms. The fourth-order valence-electron chi connectivity index (χ4n) is 8.68. The van der Waals surface area contributed by atoms with E-state index in [1.54, 1.807) is 11.2 Å². The molecule has 5 amide bonds. The number of aliphatic hydroxyl groups is 1. The maximum atomic E-state index is 14.9. The average Bonchev–Trinajstić information content (AvgIpc) is 3.81. The first-order valence-electron chi connectivity index (χ1n) is 22.6. The number of carbonyl (C=O) groups excluding carboxylic acids is 5. The molecule has 4 atom stereocenters. The monoisotopic (exact) mass is 897 g/mol. The predicted molar refractivity (Wildman–Crippen MR) is 250 cm³/mol. The molecule has 1 aromatic heterocycles. The van der Waals surface area contributed by atoms with E-state index in [0.29, 0.717) is 39.0 Å². The predicted octanol–water partition coefficient (Wildman–Crippen LogP) is 3.28. The molecule has 7 rings (SSSR count). The summed E-state index contributed by atoms with van der Waals surface area (Å²) in [5.41, 5.74) is 10.4. The van der Waals surface area contributed by atoms with Crippen molar-refractivity contribution in [3.8, 4) is 11.1 Å². The van der Waals surface area contributed by atoms with Crippen molar-refractivity contribution in [2.45, 2.75) is 63.4 Å². The fraction of sp³-hybridized carbons (Fsp3) is 0.353. The van der Waals surface area contributed by atoms with Gasteiger partial charge in [0.15, 0.2) is 0 Å². The highest BCUT2D eigenvalue weighted by molar-refractivity contribution is 5.97. The Morgan fingerprint density at radius 2 is 1.65 bits per heavy atom. The lowest BCUT2D eigenvalue weighted by molar-refractivity contribution is -0.141. The topological polar surface area (TPSA) is 217 Å². The largest absolute Gasteiger partial charge is 0.464 e. The number of nitrogens with zero attached hydrogens (tertiary/aromatic N) is 1. The van der Waals surface area contributed by atoms with Crippen LogP contribution in [0.2, 0.25) is 0 Å². The van der Waals surface area contributed by atoms with Crippen LogP contribution in [0.1, 0.15) is 41.5 Å². The number of piperidine rings is 1. The highest BCUT2D eigenvalue weighted by atomic mass is 16.5. The van der Waals surface area contributed by atoms with Gasteiger partial charge in [0.1, 0.15) is 17.9 Å². The first-order chi connectivity index (χ1) is 32.1. The number of fused-ring (bicyclic) bond motifs is 4. The Kier molecular flexibility index (Phi) is 16.5. The smallest absolute Gasteiger partial charge is 0.246 e. The molecule has 15 heteroatoms. The van der Waals surface area contributed by atoms with Gasteiger partial charge in [0, 0.05) is 69.6 Å². The minimum atomic E-state index is -1.19. The molecule has 1 unspecified atom stereocenters.